The van der Waals surface area contributed by atoms with Gasteiger partial charge in [-0.05, 0) is 19.8 Å². The van der Waals surface area contributed by atoms with Crippen molar-refractivity contribution in [1.29, 1.82) is 0 Å². The fraction of sp³-hybridized carbons (Fsp3) is 0.444. The molecule has 1 N–H and O–H groups in total. The fourth-order valence-corrected chi connectivity index (χ4v) is 1.73. The predicted octanol–water partition coefficient (Wildman–Crippen LogP) is 0.763. The summed E-state index contributed by atoms with van der Waals surface area (Å²) in [5.41, 5.74) is 1.57. The van der Waals surface area contributed by atoms with Crippen molar-refractivity contribution in [2.75, 3.05) is 0 Å². The molecule has 0 atom stereocenters. The summed E-state index contributed by atoms with van der Waals surface area (Å²) in [6.45, 7) is 1.89. The van der Waals surface area contributed by atoms with Crippen molar-refractivity contribution < 1.29 is 0 Å². The number of hydrogen-bond donors (Lipinski definition) is 1. The monoisotopic (exact) mass is 190 g/mol. The summed E-state index contributed by atoms with van der Waals surface area (Å²) in [4.78, 5) is 11.4. The molecule has 0 amide bonds. The van der Waals surface area contributed by atoms with Crippen LogP contribution in [0.4, 0.5) is 0 Å². The third-order valence-electron chi connectivity index (χ3n) is 2.60. The second-order valence-corrected chi connectivity index (χ2v) is 3.72. The first-order valence-corrected chi connectivity index (χ1v) is 4.70. The quantitative estimate of drug-likeness (QED) is 0.722. The van der Waals surface area contributed by atoms with Gasteiger partial charge in [-0.25, -0.2) is 5.10 Å². The zero-order valence-electron chi connectivity index (χ0n) is 7.82. The lowest BCUT2D eigenvalue weighted by atomic mass is 10.3. The molecule has 0 aliphatic heterocycles. The lowest BCUT2D eigenvalue weighted by Crippen LogP contribution is -2.10. The molecule has 5 nitrogen and oxygen atoms in total. The highest BCUT2D eigenvalue weighted by atomic mass is 16.1. The summed E-state index contributed by atoms with van der Waals surface area (Å²) in [5.74, 6) is 0. The normalized spacial score (nSPS) is 16.4. The minimum absolute atomic E-state index is 0.155. The van der Waals surface area contributed by atoms with Crippen LogP contribution >= 0.6 is 0 Å². The SMILES string of the molecule is Cc1n[nH]c(=O)c2cnn(C3CC3)c12. The maximum absolute atomic E-state index is 11.4. The lowest BCUT2D eigenvalue weighted by molar-refractivity contribution is 0.661. The first-order valence-electron chi connectivity index (χ1n) is 4.70. The summed E-state index contributed by atoms with van der Waals surface area (Å²) >= 11 is 0. The fourth-order valence-electron chi connectivity index (χ4n) is 1.73. The topological polar surface area (TPSA) is 63.6 Å². The van der Waals surface area contributed by atoms with E-state index in [2.05, 4.69) is 15.3 Å². The van der Waals surface area contributed by atoms with Crippen LogP contribution in [0.1, 0.15) is 24.6 Å². The highest BCUT2D eigenvalue weighted by Gasteiger charge is 2.27. The van der Waals surface area contributed by atoms with Gasteiger partial charge in [-0.15, -0.1) is 0 Å². The summed E-state index contributed by atoms with van der Waals surface area (Å²) in [5, 5.41) is 11.3. The molecular formula is C9H10N4O. The molecule has 1 aliphatic rings. The number of hydrogen-bond acceptors (Lipinski definition) is 3. The predicted molar refractivity (Wildman–Crippen MR) is 51.2 cm³/mol. The van der Waals surface area contributed by atoms with Crippen molar-refractivity contribution in [3.05, 3.63) is 22.2 Å². The van der Waals surface area contributed by atoms with E-state index in [0.29, 0.717) is 11.4 Å². The Morgan fingerprint density at radius 3 is 3.07 bits per heavy atom. The Hall–Kier alpha value is -1.65. The van der Waals surface area contributed by atoms with Crippen LogP contribution in [-0.4, -0.2) is 20.0 Å². The van der Waals surface area contributed by atoms with Gasteiger partial charge in [0.2, 0.25) is 0 Å². The first kappa shape index (κ1) is 7.73. The second-order valence-electron chi connectivity index (χ2n) is 3.72. The van der Waals surface area contributed by atoms with E-state index in [1.807, 2.05) is 11.6 Å². The van der Waals surface area contributed by atoms with Crippen LogP contribution in [0.2, 0.25) is 0 Å². The minimum Gasteiger partial charge on any atom is -0.267 e. The van der Waals surface area contributed by atoms with Gasteiger partial charge < -0.3 is 0 Å². The van der Waals surface area contributed by atoms with E-state index in [-0.39, 0.29) is 5.56 Å². The van der Waals surface area contributed by atoms with Gasteiger partial charge in [0, 0.05) is 0 Å². The van der Waals surface area contributed by atoms with E-state index in [4.69, 9.17) is 0 Å². The number of aromatic amines is 1. The Bertz CT molecular complexity index is 549. The zero-order chi connectivity index (χ0) is 9.71. The van der Waals surface area contributed by atoms with Crippen LogP contribution in [-0.2, 0) is 0 Å². The summed E-state index contributed by atoms with van der Waals surface area (Å²) in [7, 11) is 0. The highest BCUT2D eigenvalue weighted by Crippen LogP contribution is 2.36. The Morgan fingerprint density at radius 1 is 1.57 bits per heavy atom. The molecule has 0 spiro atoms. The number of aryl methyl sites for hydroxylation is 1. The third kappa shape index (κ3) is 0.921. The molecule has 5 heteroatoms. The average molecular weight is 190 g/mol. The van der Waals surface area contributed by atoms with E-state index in [1.54, 1.807) is 6.20 Å². The summed E-state index contributed by atoms with van der Waals surface area (Å²) < 4.78 is 1.92. The van der Waals surface area contributed by atoms with Gasteiger partial charge in [0.15, 0.2) is 0 Å². The molecule has 1 fully saturated rings. The van der Waals surface area contributed by atoms with Crippen molar-refractivity contribution in [1.82, 2.24) is 20.0 Å². The van der Waals surface area contributed by atoms with E-state index < -0.39 is 0 Å². The third-order valence-corrected chi connectivity index (χ3v) is 2.60. The number of H-pyrrole nitrogens is 1. The Kier molecular flexibility index (Phi) is 1.34. The van der Waals surface area contributed by atoms with Gasteiger partial charge in [0.1, 0.15) is 0 Å². The number of aromatic nitrogens is 4. The maximum atomic E-state index is 11.4. The molecule has 3 rings (SSSR count). The highest BCUT2D eigenvalue weighted by molar-refractivity contribution is 5.79. The molecule has 14 heavy (non-hydrogen) atoms. The van der Waals surface area contributed by atoms with E-state index in [0.717, 1.165) is 24.1 Å². The van der Waals surface area contributed by atoms with E-state index in [9.17, 15) is 4.79 Å². The van der Waals surface area contributed by atoms with Gasteiger partial charge in [-0.3, -0.25) is 9.48 Å². The second kappa shape index (κ2) is 2.43. The number of rotatable bonds is 1. The van der Waals surface area contributed by atoms with Crippen LogP contribution in [0.15, 0.2) is 11.0 Å². The molecule has 0 saturated heterocycles. The average Bonchev–Trinajstić information content (AvgIpc) is 2.91. The molecular weight excluding hydrogens is 180 g/mol. The van der Waals surface area contributed by atoms with Crippen LogP contribution in [0.5, 0.6) is 0 Å². The lowest BCUT2D eigenvalue weighted by Gasteiger charge is -2.01. The van der Waals surface area contributed by atoms with Gasteiger partial charge in [0.05, 0.1) is 28.8 Å². The molecule has 2 heterocycles. The summed E-state index contributed by atoms with van der Waals surface area (Å²) in [6, 6.07) is 0.481. The number of fused-ring (bicyclic) bond motifs is 1. The van der Waals surface area contributed by atoms with Crippen molar-refractivity contribution in [3.63, 3.8) is 0 Å². The van der Waals surface area contributed by atoms with Crippen LogP contribution in [0.25, 0.3) is 10.9 Å². The molecule has 1 aliphatic carbocycles. The maximum Gasteiger partial charge on any atom is 0.275 e. The van der Waals surface area contributed by atoms with Gasteiger partial charge in [-0.2, -0.15) is 10.2 Å². The molecule has 2 aromatic rings. The molecule has 2 aromatic heterocycles. The van der Waals surface area contributed by atoms with E-state index in [1.165, 1.54) is 0 Å². The summed E-state index contributed by atoms with van der Waals surface area (Å²) in [6.07, 6.45) is 3.94. The minimum atomic E-state index is -0.155. The molecule has 0 aromatic carbocycles. The zero-order valence-corrected chi connectivity index (χ0v) is 7.82. The smallest absolute Gasteiger partial charge is 0.267 e. The van der Waals surface area contributed by atoms with Gasteiger partial charge in [-0.1, -0.05) is 0 Å². The van der Waals surface area contributed by atoms with Crippen molar-refractivity contribution in [2.45, 2.75) is 25.8 Å². The van der Waals surface area contributed by atoms with Crippen molar-refractivity contribution in [3.8, 4) is 0 Å². The van der Waals surface area contributed by atoms with Crippen molar-refractivity contribution in [2.24, 2.45) is 0 Å². The van der Waals surface area contributed by atoms with Crippen LogP contribution < -0.4 is 5.56 Å². The standard InChI is InChI=1S/C9H10N4O/c1-5-8-7(9(14)12-11-5)4-10-13(8)6-2-3-6/h4,6H,2-3H2,1H3,(H,12,14). The molecule has 1 saturated carbocycles. The van der Waals surface area contributed by atoms with Crippen LogP contribution in [0.3, 0.4) is 0 Å². The molecule has 0 unspecified atom stereocenters. The Balaban J connectivity index is 2.43. The molecule has 72 valence electrons. The molecule has 0 radical (unpaired) electrons. The first-order chi connectivity index (χ1) is 6.77. The van der Waals surface area contributed by atoms with Crippen LogP contribution in [0, 0.1) is 6.92 Å². The van der Waals surface area contributed by atoms with Crippen molar-refractivity contribution >= 4 is 10.9 Å². The van der Waals surface area contributed by atoms with Gasteiger partial charge >= 0.3 is 0 Å². The number of nitrogens with zero attached hydrogens (tertiary/aromatic N) is 3. The van der Waals surface area contributed by atoms with E-state index >= 15 is 0 Å². The van der Waals surface area contributed by atoms with Gasteiger partial charge in [0.25, 0.3) is 5.56 Å². The number of nitrogens with one attached hydrogen (secondary N) is 1. The largest absolute Gasteiger partial charge is 0.275 e. The Morgan fingerprint density at radius 2 is 2.36 bits per heavy atom. The molecule has 0 bridgehead atoms. The Labute approximate surface area is 79.7 Å².